The summed E-state index contributed by atoms with van der Waals surface area (Å²) in [5, 5.41) is 15.5. The lowest BCUT2D eigenvalue weighted by Gasteiger charge is -2.19. The predicted molar refractivity (Wildman–Crippen MR) is 61.6 cm³/mol. The maximum absolute atomic E-state index is 12.0. The van der Waals surface area contributed by atoms with Crippen molar-refractivity contribution in [3.63, 3.8) is 0 Å². The second-order valence-electron chi connectivity index (χ2n) is 4.60. The Kier molecular flexibility index (Phi) is 3.59. The van der Waals surface area contributed by atoms with Gasteiger partial charge in [-0.3, -0.25) is 9.59 Å². The standard InChI is InChI=1S/C11H16N4O3/c1-7(15-6-12-5-13-15)11(18)14-9(4-10(16)17)8-2-3-8/h5-9H,2-4H2,1H3,(H,14,18)(H,16,17). The summed E-state index contributed by atoms with van der Waals surface area (Å²) in [5.41, 5.74) is 0. The van der Waals surface area contributed by atoms with Gasteiger partial charge in [0, 0.05) is 6.04 Å². The normalized spacial score (nSPS) is 18.1. The Hall–Kier alpha value is -1.92. The van der Waals surface area contributed by atoms with Crippen LogP contribution in [0.3, 0.4) is 0 Å². The third-order valence-electron chi connectivity index (χ3n) is 3.13. The number of carboxylic acid groups (broad SMARTS) is 1. The van der Waals surface area contributed by atoms with Crippen LogP contribution in [0.1, 0.15) is 32.2 Å². The highest BCUT2D eigenvalue weighted by atomic mass is 16.4. The molecule has 1 amide bonds. The first-order valence-electron chi connectivity index (χ1n) is 5.94. The van der Waals surface area contributed by atoms with E-state index in [2.05, 4.69) is 15.4 Å². The Morgan fingerprint density at radius 3 is 2.78 bits per heavy atom. The molecule has 1 aliphatic carbocycles. The lowest BCUT2D eigenvalue weighted by Crippen LogP contribution is -2.41. The van der Waals surface area contributed by atoms with Crippen molar-refractivity contribution < 1.29 is 14.7 Å². The van der Waals surface area contributed by atoms with E-state index < -0.39 is 12.0 Å². The number of aromatic nitrogens is 3. The van der Waals surface area contributed by atoms with Crippen molar-refractivity contribution in [2.24, 2.45) is 5.92 Å². The van der Waals surface area contributed by atoms with E-state index in [0.717, 1.165) is 12.8 Å². The summed E-state index contributed by atoms with van der Waals surface area (Å²) in [6, 6.07) is -0.761. The molecule has 0 bridgehead atoms. The molecule has 0 radical (unpaired) electrons. The van der Waals surface area contributed by atoms with Crippen molar-refractivity contribution in [2.75, 3.05) is 0 Å². The minimum Gasteiger partial charge on any atom is -0.481 e. The molecule has 1 fully saturated rings. The van der Waals surface area contributed by atoms with Crippen LogP contribution < -0.4 is 5.32 Å². The molecule has 1 aromatic rings. The van der Waals surface area contributed by atoms with Gasteiger partial charge in [-0.25, -0.2) is 9.67 Å². The number of nitrogens with zero attached hydrogens (tertiary/aromatic N) is 3. The van der Waals surface area contributed by atoms with Crippen LogP contribution >= 0.6 is 0 Å². The van der Waals surface area contributed by atoms with Crippen LogP contribution in [-0.4, -0.2) is 37.8 Å². The summed E-state index contributed by atoms with van der Waals surface area (Å²) >= 11 is 0. The van der Waals surface area contributed by atoms with Crippen molar-refractivity contribution in [3.8, 4) is 0 Å². The summed E-state index contributed by atoms with van der Waals surface area (Å²) < 4.78 is 1.44. The van der Waals surface area contributed by atoms with Crippen LogP contribution in [0.2, 0.25) is 0 Å². The highest BCUT2D eigenvalue weighted by Gasteiger charge is 2.34. The Balaban J connectivity index is 1.94. The van der Waals surface area contributed by atoms with Gasteiger partial charge >= 0.3 is 5.97 Å². The fourth-order valence-electron chi connectivity index (χ4n) is 1.86. The summed E-state index contributed by atoms with van der Waals surface area (Å²) in [6.07, 6.45) is 4.76. The Bertz CT molecular complexity index is 428. The van der Waals surface area contributed by atoms with E-state index in [4.69, 9.17) is 5.11 Å². The lowest BCUT2D eigenvalue weighted by molar-refractivity contribution is -0.138. The molecule has 0 aromatic carbocycles. The summed E-state index contributed by atoms with van der Waals surface area (Å²) in [6.45, 7) is 1.70. The van der Waals surface area contributed by atoms with Gasteiger partial charge in [0.25, 0.3) is 0 Å². The number of carbonyl (C=O) groups is 2. The van der Waals surface area contributed by atoms with Crippen LogP contribution in [0.15, 0.2) is 12.7 Å². The average Bonchev–Trinajstić information content (AvgIpc) is 3.02. The fraction of sp³-hybridized carbons (Fsp3) is 0.636. The van der Waals surface area contributed by atoms with Crippen LogP contribution in [0.25, 0.3) is 0 Å². The number of aliphatic carboxylic acids is 1. The van der Waals surface area contributed by atoms with E-state index in [1.165, 1.54) is 17.3 Å². The molecular formula is C11H16N4O3. The van der Waals surface area contributed by atoms with E-state index in [1.807, 2.05) is 0 Å². The second kappa shape index (κ2) is 5.16. The Morgan fingerprint density at radius 2 is 2.28 bits per heavy atom. The zero-order valence-electron chi connectivity index (χ0n) is 10.1. The Labute approximate surface area is 104 Å². The quantitative estimate of drug-likeness (QED) is 0.754. The first-order chi connectivity index (χ1) is 8.58. The maximum atomic E-state index is 12.0. The molecular weight excluding hydrogens is 236 g/mol. The average molecular weight is 252 g/mol. The molecule has 7 nitrogen and oxygen atoms in total. The fourth-order valence-corrected chi connectivity index (χ4v) is 1.86. The molecule has 1 aliphatic rings. The van der Waals surface area contributed by atoms with Crippen LogP contribution in [-0.2, 0) is 9.59 Å². The number of hydrogen-bond acceptors (Lipinski definition) is 4. The van der Waals surface area contributed by atoms with Gasteiger partial charge in [-0.2, -0.15) is 5.10 Å². The minimum absolute atomic E-state index is 0.0273. The highest BCUT2D eigenvalue weighted by Crippen LogP contribution is 2.34. The van der Waals surface area contributed by atoms with Crippen molar-refractivity contribution >= 4 is 11.9 Å². The van der Waals surface area contributed by atoms with E-state index in [9.17, 15) is 9.59 Å². The molecule has 18 heavy (non-hydrogen) atoms. The SMILES string of the molecule is CC(C(=O)NC(CC(=O)O)C1CC1)n1cncn1. The minimum atomic E-state index is -0.888. The van der Waals surface area contributed by atoms with E-state index in [1.54, 1.807) is 6.92 Å². The molecule has 2 N–H and O–H groups in total. The van der Waals surface area contributed by atoms with Gasteiger partial charge in [0.1, 0.15) is 18.7 Å². The van der Waals surface area contributed by atoms with E-state index in [-0.39, 0.29) is 18.4 Å². The third-order valence-corrected chi connectivity index (χ3v) is 3.13. The molecule has 1 aromatic heterocycles. The van der Waals surface area contributed by atoms with Gasteiger partial charge in [0.2, 0.25) is 5.91 Å². The van der Waals surface area contributed by atoms with Gasteiger partial charge in [-0.05, 0) is 25.7 Å². The molecule has 1 saturated carbocycles. The first-order valence-corrected chi connectivity index (χ1v) is 5.94. The van der Waals surface area contributed by atoms with Gasteiger partial charge in [-0.15, -0.1) is 0 Å². The summed E-state index contributed by atoms with van der Waals surface area (Å²) in [5.74, 6) is -0.813. The zero-order valence-corrected chi connectivity index (χ0v) is 10.1. The van der Waals surface area contributed by atoms with Gasteiger partial charge in [-0.1, -0.05) is 0 Å². The number of amides is 1. The molecule has 0 aliphatic heterocycles. The third kappa shape index (κ3) is 3.06. The van der Waals surface area contributed by atoms with Gasteiger partial charge in [0.05, 0.1) is 6.42 Å². The molecule has 2 rings (SSSR count). The van der Waals surface area contributed by atoms with Crippen LogP contribution in [0.4, 0.5) is 0 Å². The smallest absolute Gasteiger partial charge is 0.305 e. The van der Waals surface area contributed by atoms with Crippen molar-refractivity contribution in [2.45, 2.75) is 38.3 Å². The number of rotatable bonds is 6. The molecule has 1 heterocycles. The molecule has 2 atom stereocenters. The summed E-state index contributed by atoms with van der Waals surface area (Å²) in [7, 11) is 0. The van der Waals surface area contributed by atoms with Crippen molar-refractivity contribution in [1.29, 1.82) is 0 Å². The zero-order chi connectivity index (χ0) is 13.1. The maximum Gasteiger partial charge on any atom is 0.305 e. The van der Waals surface area contributed by atoms with Crippen LogP contribution in [0, 0.1) is 5.92 Å². The topological polar surface area (TPSA) is 97.1 Å². The molecule has 2 unspecified atom stereocenters. The summed E-state index contributed by atoms with van der Waals surface area (Å²) in [4.78, 5) is 26.5. The molecule has 0 saturated heterocycles. The Morgan fingerprint density at radius 1 is 1.56 bits per heavy atom. The van der Waals surface area contributed by atoms with Gasteiger partial charge < -0.3 is 10.4 Å². The number of carboxylic acids is 1. The monoisotopic (exact) mass is 252 g/mol. The van der Waals surface area contributed by atoms with Crippen molar-refractivity contribution in [1.82, 2.24) is 20.1 Å². The molecule has 7 heteroatoms. The first kappa shape index (κ1) is 12.5. The predicted octanol–water partition coefficient (Wildman–Crippen LogP) is 0.209. The number of nitrogens with one attached hydrogen (secondary N) is 1. The van der Waals surface area contributed by atoms with Crippen molar-refractivity contribution in [3.05, 3.63) is 12.7 Å². The lowest BCUT2D eigenvalue weighted by atomic mass is 10.1. The van der Waals surface area contributed by atoms with Gasteiger partial charge in [0.15, 0.2) is 0 Å². The van der Waals surface area contributed by atoms with E-state index >= 15 is 0 Å². The second-order valence-corrected chi connectivity index (χ2v) is 4.60. The highest BCUT2D eigenvalue weighted by molar-refractivity contribution is 5.80. The van der Waals surface area contributed by atoms with Crippen LogP contribution in [0.5, 0.6) is 0 Å². The van der Waals surface area contributed by atoms with E-state index in [0.29, 0.717) is 5.92 Å². The molecule has 98 valence electrons. The molecule has 0 spiro atoms. The largest absolute Gasteiger partial charge is 0.481 e. The number of hydrogen-bond donors (Lipinski definition) is 2. The number of carbonyl (C=O) groups excluding carboxylic acids is 1.